The molecule has 0 saturated carbocycles. The summed E-state index contributed by atoms with van der Waals surface area (Å²) in [7, 11) is 0. The Morgan fingerprint density at radius 2 is 2.11 bits per heavy atom. The Labute approximate surface area is 164 Å². The molecule has 0 spiro atoms. The minimum absolute atomic E-state index is 0.0603. The second-order valence-electron chi connectivity index (χ2n) is 7.10. The molecular formula is C21H26N4O3. The van der Waals surface area contributed by atoms with Gasteiger partial charge in [-0.15, -0.1) is 0 Å². The number of nitrogens with one attached hydrogen (secondary N) is 1. The van der Waals surface area contributed by atoms with Crippen molar-refractivity contribution in [2.24, 2.45) is 0 Å². The molecule has 148 valence electrons. The first-order valence-corrected chi connectivity index (χ1v) is 9.77. The third-order valence-corrected chi connectivity index (χ3v) is 5.11. The Kier molecular flexibility index (Phi) is 7.08. The Morgan fingerprint density at radius 3 is 2.89 bits per heavy atom. The van der Waals surface area contributed by atoms with Crippen molar-refractivity contribution in [2.75, 3.05) is 13.1 Å². The fraction of sp³-hybridized carbons (Fsp3) is 0.429. The number of rotatable bonds is 7. The van der Waals surface area contributed by atoms with Crippen LogP contribution in [0.2, 0.25) is 0 Å². The monoisotopic (exact) mass is 382 g/mol. The molecule has 0 bridgehead atoms. The summed E-state index contributed by atoms with van der Waals surface area (Å²) >= 11 is 0. The molecule has 1 saturated heterocycles. The van der Waals surface area contributed by atoms with E-state index in [1.54, 1.807) is 18.3 Å². The quantitative estimate of drug-likeness (QED) is 0.587. The summed E-state index contributed by atoms with van der Waals surface area (Å²) < 4.78 is 0. The van der Waals surface area contributed by atoms with Crippen molar-refractivity contribution in [2.45, 2.75) is 44.7 Å². The summed E-state index contributed by atoms with van der Waals surface area (Å²) in [5, 5.41) is 14.4. The van der Waals surface area contributed by atoms with Crippen LogP contribution in [-0.4, -0.2) is 39.8 Å². The number of amides is 1. The highest BCUT2D eigenvalue weighted by Crippen LogP contribution is 2.19. The molecule has 1 fully saturated rings. The van der Waals surface area contributed by atoms with Gasteiger partial charge in [-0.05, 0) is 56.5 Å². The van der Waals surface area contributed by atoms with Gasteiger partial charge < -0.3 is 10.2 Å². The van der Waals surface area contributed by atoms with Crippen LogP contribution in [0.3, 0.4) is 0 Å². The lowest BCUT2D eigenvalue weighted by atomic mass is 10.0. The van der Waals surface area contributed by atoms with Crippen LogP contribution in [-0.2, 0) is 17.8 Å². The zero-order valence-corrected chi connectivity index (χ0v) is 15.9. The minimum atomic E-state index is -0.406. The molecule has 1 unspecified atom stereocenters. The van der Waals surface area contributed by atoms with Crippen molar-refractivity contribution in [1.82, 2.24) is 15.2 Å². The minimum Gasteiger partial charge on any atom is -0.334 e. The van der Waals surface area contributed by atoms with E-state index in [4.69, 9.17) is 0 Å². The van der Waals surface area contributed by atoms with E-state index in [-0.39, 0.29) is 17.6 Å². The number of pyridine rings is 1. The van der Waals surface area contributed by atoms with Crippen molar-refractivity contribution in [1.29, 1.82) is 0 Å². The van der Waals surface area contributed by atoms with Gasteiger partial charge >= 0.3 is 0 Å². The number of carbonyl (C=O) groups is 1. The van der Waals surface area contributed by atoms with Gasteiger partial charge in [-0.2, -0.15) is 0 Å². The molecule has 1 atom stereocenters. The van der Waals surface area contributed by atoms with Crippen molar-refractivity contribution >= 4 is 11.6 Å². The average molecular weight is 382 g/mol. The number of nitro groups is 1. The van der Waals surface area contributed by atoms with E-state index < -0.39 is 4.92 Å². The second-order valence-corrected chi connectivity index (χ2v) is 7.10. The summed E-state index contributed by atoms with van der Waals surface area (Å²) in [5.74, 6) is 0.0732. The summed E-state index contributed by atoms with van der Waals surface area (Å²) in [6, 6.07) is 12.4. The van der Waals surface area contributed by atoms with Crippen molar-refractivity contribution < 1.29 is 9.72 Å². The molecule has 2 heterocycles. The zero-order valence-electron chi connectivity index (χ0n) is 15.9. The third kappa shape index (κ3) is 5.60. The van der Waals surface area contributed by atoms with Crippen molar-refractivity contribution in [3.05, 3.63) is 70.0 Å². The van der Waals surface area contributed by atoms with E-state index in [1.165, 1.54) is 6.07 Å². The standard InChI is InChI=1S/C21H26N4O3/c26-21(10-9-17-5-3-7-20(15-17)25(27)28)24(16-18-6-1-2-13-23-18)19-8-4-12-22-14-11-19/h1-3,5-7,13,15,19,22H,4,8-12,14,16H2. The smallest absolute Gasteiger partial charge is 0.269 e. The number of nitrogens with zero attached hydrogens (tertiary/aromatic N) is 3. The topological polar surface area (TPSA) is 88.4 Å². The highest BCUT2D eigenvalue weighted by molar-refractivity contribution is 5.76. The molecule has 1 aliphatic heterocycles. The molecule has 1 amide bonds. The highest BCUT2D eigenvalue weighted by atomic mass is 16.6. The van der Waals surface area contributed by atoms with E-state index in [9.17, 15) is 14.9 Å². The van der Waals surface area contributed by atoms with Gasteiger partial charge in [-0.1, -0.05) is 18.2 Å². The summed E-state index contributed by atoms with van der Waals surface area (Å²) in [6.45, 7) is 2.39. The molecule has 7 nitrogen and oxygen atoms in total. The molecule has 1 N–H and O–H groups in total. The maximum absolute atomic E-state index is 13.1. The zero-order chi connectivity index (χ0) is 19.8. The van der Waals surface area contributed by atoms with E-state index in [0.29, 0.717) is 19.4 Å². The molecule has 0 aliphatic carbocycles. The molecule has 1 aliphatic rings. The van der Waals surface area contributed by atoms with Gasteiger partial charge in [-0.25, -0.2) is 0 Å². The Bertz CT molecular complexity index is 789. The van der Waals surface area contributed by atoms with Crippen LogP contribution < -0.4 is 5.32 Å². The molecule has 3 rings (SSSR count). The second kappa shape index (κ2) is 9.94. The van der Waals surface area contributed by atoms with Crippen LogP contribution >= 0.6 is 0 Å². The van der Waals surface area contributed by atoms with Crippen LogP contribution in [0.15, 0.2) is 48.7 Å². The lowest BCUT2D eigenvalue weighted by molar-refractivity contribution is -0.384. The van der Waals surface area contributed by atoms with Gasteiger partial charge in [0.15, 0.2) is 0 Å². The van der Waals surface area contributed by atoms with E-state index >= 15 is 0 Å². The molecule has 1 aromatic carbocycles. The average Bonchev–Trinajstić information content (AvgIpc) is 3.00. The number of hydrogen-bond acceptors (Lipinski definition) is 5. The van der Waals surface area contributed by atoms with Crippen molar-refractivity contribution in [3.63, 3.8) is 0 Å². The largest absolute Gasteiger partial charge is 0.334 e. The number of nitro benzene ring substituents is 1. The molecule has 2 aromatic rings. The maximum atomic E-state index is 13.1. The number of aryl methyl sites for hydroxylation is 1. The highest BCUT2D eigenvalue weighted by Gasteiger charge is 2.25. The normalized spacial score (nSPS) is 16.9. The lowest BCUT2D eigenvalue weighted by Crippen LogP contribution is -2.40. The molecule has 0 radical (unpaired) electrons. The van der Waals surface area contributed by atoms with Gasteiger partial charge in [0.05, 0.1) is 17.2 Å². The van der Waals surface area contributed by atoms with Gasteiger partial charge in [-0.3, -0.25) is 19.9 Å². The molecule has 28 heavy (non-hydrogen) atoms. The Hall–Kier alpha value is -2.80. The van der Waals surface area contributed by atoms with Crippen LogP contribution in [0.5, 0.6) is 0 Å². The predicted octanol–water partition coefficient (Wildman–Crippen LogP) is 3.09. The first kappa shape index (κ1) is 19.9. The Balaban J connectivity index is 1.70. The van der Waals surface area contributed by atoms with Crippen molar-refractivity contribution in [3.8, 4) is 0 Å². The van der Waals surface area contributed by atoms with Crippen LogP contribution in [0, 0.1) is 10.1 Å². The number of benzene rings is 1. The van der Waals surface area contributed by atoms with E-state index in [0.717, 1.165) is 43.6 Å². The number of aromatic nitrogens is 1. The fourth-order valence-electron chi connectivity index (χ4n) is 3.62. The molecular weight excluding hydrogens is 356 g/mol. The van der Waals surface area contributed by atoms with Crippen LogP contribution in [0.4, 0.5) is 5.69 Å². The van der Waals surface area contributed by atoms with Crippen LogP contribution in [0.1, 0.15) is 36.9 Å². The lowest BCUT2D eigenvalue weighted by Gasteiger charge is -2.31. The summed E-state index contributed by atoms with van der Waals surface area (Å²) in [4.78, 5) is 30.0. The maximum Gasteiger partial charge on any atom is 0.269 e. The van der Waals surface area contributed by atoms with Gasteiger partial charge in [0.1, 0.15) is 0 Å². The first-order chi connectivity index (χ1) is 13.6. The van der Waals surface area contributed by atoms with Gasteiger partial charge in [0.25, 0.3) is 5.69 Å². The fourth-order valence-corrected chi connectivity index (χ4v) is 3.62. The summed E-state index contributed by atoms with van der Waals surface area (Å²) in [6.07, 6.45) is 5.51. The third-order valence-electron chi connectivity index (χ3n) is 5.11. The predicted molar refractivity (Wildman–Crippen MR) is 107 cm³/mol. The molecule has 7 heteroatoms. The first-order valence-electron chi connectivity index (χ1n) is 9.77. The SMILES string of the molecule is O=C(CCc1cccc([N+](=O)[O-])c1)N(Cc1ccccn1)C1CCCNCC1. The number of hydrogen-bond donors (Lipinski definition) is 1. The number of carbonyl (C=O) groups excluding carboxylic acids is 1. The molecule has 1 aromatic heterocycles. The van der Waals surface area contributed by atoms with Gasteiger partial charge in [0, 0.05) is 30.8 Å². The summed E-state index contributed by atoms with van der Waals surface area (Å²) in [5.41, 5.74) is 1.75. The Morgan fingerprint density at radius 1 is 1.21 bits per heavy atom. The van der Waals surface area contributed by atoms with Crippen LogP contribution in [0.25, 0.3) is 0 Å². The van der Waals surface area contributed by atoms with Gasteiger partial charge in [0.2, 0.25) is 5.91 Å². The van der Waals surface area contributed by atoms with E-state index in [2.05, 4.69) is 10.3 Å². The number of non-ortho nitro benzene ring substituents is 1. The van der Waals surface area contributed by atoms with E-state index in [1.807, 2.05) is 29.2 Å².